The number of nitrogens with one attached hydrogen (secondary N) is 2. The molecule has 2 N–H and O–H groups in total. The normalized spacial score (nSPS) is 10.6. The number of hydrogen-bond acceptors (Lipinski definition) is 4. The number of rotatable bonds is 4. The molecule has 1 aromatic heterocycles. The average Bonchev–Trinajstić information content (AvgIpc) is 2.93. The lowest BCUT2D eigenvalue weighted by Crippen LogP contribution is -2.42. The van der Waals surface area contributed by atoms with Gasteiger partial charge in [-0.3, -0.25) is 25.0 Å². The monoisotopic (exact) mass is 403 g/mol. The molecule has 3 rings (SSSR count). The summed E-state index contributed by atoms with van der Waals surface area (Å²) in [6.45, 7) is 0.145. The average molecular weight is 404 g/mol. The highest BCUT2D eigenvalue weighted by Gasteiger charge is 2.12. The standard InChI is InChI=1S/C17H14BrN3O4/c18-12-6-2-1-5-11(12)16(23)20-19-15(22)9-10-21-13-7-3-4-8-14(13)25-17(21)24/h1-8H,9-10H2,(H,19,22)(H,20,23). The van der Waals surface area contributed by atoms with Gasteiger partial charge in [0.15, 0.2) is 5.58 Å². The number of fused-ring (bicyclic) bond motifs is 1. The van der Waals surface area contributed by atoms with E-state index in [0.29, 0.717) is 21.1 Å². The van der Waals surface area contributed by atoms with Gasteiger partial charge in [-0.25, -0.2) is 4.79 Å². The Morgan fingerprint density at radius 3 is 2.56 bits per heavy atom. The maximum absolute atomic E-state index is 12.0. The molecule has 25 heavy (non-hydrogen) atoms. The third-order valence-corrected chi connectivity index (χ3v) is 4.26. The summed E-state index contributed by atoms with van der Waals surface area (Å²) in [5, 5.41) is 0. The molecule has 0 atom stereocenters. The van der Waals surface area contributed by atoms with Crippen molar-refractivity contribution in [2.45, 2.75) is 13.0 Å². The van der Waals surface area contributed by atoms with Gasteiger partial charge in [0, 0.05) is 17.4 Å². The number of amides is 2. The van der Waals surface area contributed by atoms with E-state index in [1.165, 1.54) is 4.57 Å². The molecule has 8 heteroatoms. The van der Waals surface area contributed by atoms with Crippen LogP contribution in [0.3, 0.4) is 0 Å². The molecule has 1 heterocycles. The molecule has 0 fully saturated rings. The summed E-state index contributed by atoms with van der Waals surface area (Å²) in [6, 6.07) is 13.8. The van der Waals surface area contributed by atoms with Crippen molar-refractivity contribution in [2.75, 3.05) is 0 Å². The van der Waals surface area contributed by atoms with E-state index in [1.54, 1.807) is 48.5 Å². The number of aromatic nitrogens is 1. The number of benzene rings is 2. The maximum atomic E-state index is 12.0. The van der Waals surface area contributed by atoms with Crippen LogP contribution in [0, 0.1) is 0 Å². The lowest BCUT2D eigenvalue weighted by atomic mass is 10.2. The minimum absolute atomic E-state index is 0.0136. The van der Waals surface area contributed by atoms with Gasteiger partial charge in [0.2, 0.25) is 5.91 Å². The first kappa shape index (κ1) is 17.0. The van der Waals surface area contributed by atoms with Crippen molar-refractivity contribution in [1.82, 2.24) is 15.4 Å². The van der Waals surface area contributed by atoms with Crippen molar-refractivity contribution < 1.29 is 14.0 Å². The van der Waals surface area contributed by atoms with Gasteiger partial charge < -0.3 is 4.42 Å². The number of para-hydroxylation sites is 2. The van der Waals surface area contributed by atoms with Crippen LogP contribution in [0.5, 0.6) is 0 Å². The number of carbonyl (C=O) groups excluding carboxylic acids is 2. The maximum Gasteiger partial charge on any atom is 0.419 e. The number of hydrogen-bond donors (Lipinski definition) is 2. The minimum Gasteiger partial charge on any atom is -0.408 e. The van der Waals surface area contributed by atoms with E-state index in [9.17, 15) is 14.4 Å². The Balaban J connectivity index is 1.58. The second-order valence-electron chi connectivity index (χ2n) is 5.22. The van der Waals surface area contributed by atoms with Crippen LogP contribution in [-0.4, -0.2) is 16.4 Å². The molecule has 7 nitrogen and oxygen atoms in total. The summed E-state index contributed by atoms with van der Waals surface area (Å²) >= 11 is 3.27. The van der Waals surface area contributed by atoms with E-state index in [4.69, 9.17) is 4.42 Å². The van der Waals surface area contributed by atoms with Crippen molar-refractivity contribution in [3.05, 3.63) is 69.1 Å². The predicted molar refractivity (Wildman–Crippen MR) is 94.8 cm³/mol. The molecule has 0 aliphatic heterocycles. The third-order valence-electron chi connectivity index (χ3n) is 3.57. The number of nitrogens with zero attached hydrogens (tertiary/aromatic N) is 1. The summed E-state index contributed by atoms with van der Waals surface area (Å²) in [5.74, 6) is -1.38. The van der Waals surface area contributed by atoms with Crippen molar-refractivity contribution >= 4 is 38.8 Å². The lowest BCUT2D eigenvalue weighted by molar-refractivity contribution is -0.122. The SMILES string of the molecule is O=C(CCn1c(=O)oc2ccccc21)NNC(=O)c1ccccc1Br. The molecule has 0 bridgehead atoms. The molecule has 128 valence electrons. The van der Waals surface area contributed by atoms with E-state index < -0.39 is 17.6 Å². The molecule has 0 saturated heterocycles. The van der Waals surface area contributed by atoms with E-state index in [1.807, 2.05) is 0 Å². The van der Waals surface area contributed by atoms with Gasteiger partial charge in [0.1, 0.15) is 0 Å². The van der Waals surface area contributed by atoms with Gasteiger partial charge in [-0.05, 0) is 40.2 Å². The van der Waals surface area contributed by atoms with E-state index in [2.05, 4.69) is 26.8 Å². The van der Waals surface area contributed by atoms with Crippen LogP contribution in [-0.2, 0) is 11.3 Å². The Kier molecular flexibility index (Phi) is 4.99. The van der Waals surface area contributed by atoms with E-state index in [-0.39, 0.29) is 13.0 Å². The molecule has 0 unspecified atom stereocenters. The summed E-state index contributed by atoms with van der Waals surface area (Å²) in [7, 11) is 0. The Morgan fingerprint density at radius 1 is 1.04 bits per heavy atom. The fourth-order valence-electron chi connectivity index (χ4n) is 2.34. The largest absolute Gasteiger partial charge is 0.419 e. The van der Waals surface area contributed by atoms with Gasteiger partial charge >= 0.3 is 5.76 Å². The van der Waals surface area contributed by atoms with Gasteiger partial charge in [-0.2, -0.15) is 0 Å². The summed E-state index contributed by atoms with van der Waals surface area (Å²) in [4.78, 5) is 35.8. The molecule has 0 aliphatic carbocycles. The van der Waals surface area contributed by atoms with Crippen LogP contribution in [0.15, 0.2) is 62.2 Å². The predicted octanol–water partition coefficient (Wildman–Crippen LogP) is 2.21. The van der Waals surface area contributed by atoms with Crippen LogP contribution in [0.2, 0.25) is 0 Å². The van der Waals surface area contributed by atoms with Gasteiger partial charge in [-0.1, -0.05) is 24.3 Å². The van der Waals surface area contributed by atoms with Crippen LogP contribution >= 0.6 is 15.9 Å². The second-order valence-corrected chi connectivity index (χ2v) is 6.07. The molecule has 0 spiro atoms. The molecule has 2 aromatic carbocycles. The summed E-state index contributed by atoms with van der Waals surface area (Å²) in [5.41, 5.74) is 6.17. The van der Waals surface area contributed by atoms with Crippen LogP contribution in [0.25, 0.3) is 11.1 Å². The van der Waals surface area contributed by atoms with Crippen molar-refractivity contribution in [3.8, 4) is 0 Å². The Bertz CT molecular complexity index is 993. The number of carbonyl (C=O) groups is 2. The summed E-state index contributed by atoms with van der Waals surface area (Å²) in [6.07, 6.45) is 0.0136. The molecule has 2 amide bonds. The fourth-order valence-corrected chi connectivity index (χ4v) is 2.81. The first-order chi connectivity index (χ1) is 12.1. The van der Waals surface area contributed by atoms with Crippen LogP contribution in [0.4, 0.5) is 0 Å². The molecule has 0 radical (unpaired) electrons. The highest BCUT2D eigenvalue weighted by atomic mass is 79.9. The molecule has 0 saturated carbocycles. The first-order valence-corrected chi connectivity index (χ1v) is 8.27. The number of aryl methyl sites for hydroxylation is 1. The molecule has 3 aromatic rings. The second kappa shape index (κ2) is 7.35. The van der Waals surface area contributed by atoms with Gasteiger partial charge in [0.25, 0.3) is 5.91 Å². The Hall–Kier alpha value is -2.87. The Labute approximate surface area is 150 Å². The lowest BCUT2D eigenvalue weighted by Gasteiger charge is -2.08. The topological polar surface area (TPSA) is 93.3 Å². The van der Waals surface area contributed by atoms with E-state index >= 15 is 0 Å². The Morgan fingerprint density at radius 2 is 1.76 bits per heavy atom. The smallest absolute Gasteiger partial charge is 0.408 e. The zero-order valence-electron chi connectivity index (χ0n) is 13.0. The molecule has 0 aliphatic rings. The van der Waals surface area contributed by atoms with E-state index in [0.717, 1.165) is 0 Å². The van der Waals surface area contributed by atoms with Crippen LogP contribution in [0.1, 0.15) is 16.8 Å². The third kappa shape index (κ3) is 3.80. The number of oxazole rings is 1. The zero-order chi connectivity index (χ0) is 17.8. The quantitative estimate of drug-likeness (QED) is 0.653. The first-order valence-electron chi connectivity index (χ1n) is 7.48. The van der Waals surface area contributed by atoms with Crippen molar-refractivity contribution in [2.24, 2.45) is 0 Å². The fraction of sp³-hybridized carbons (Fsp3) is 0.118. The number of halogens is 1. The number of hydrazine groups is 1. The van der Waals surface area contributed by atoms with Crippen molar-refractivity contribution in [1.29, 1.82) is 0 Å². The van der Waals surface area contributed by atoms with Gasteiger partial charge in [0.05, 0.1) is 11.1 Å². The van der Waals surface area contributed by atoms with Gasteiger partial charge in [-0.15, -0.1) is 0 Å². The minimum atomic E-state index is -0.522. The van der Waals surface area contributed by atoms with Crippen LogP contribution < -0.4 is 16.6 Å². The molecular weight excluding hydrogens is 390 g/mol. The summed E-state index contributed by atoms with van der Waals surface area (Å²) < 4.78 is 7.10. The zero-order valence-corrected chi connectivity index (χ0v) is 14.6. The molecular formula is C17H14BrN3O4. The highest BCUT2D eigenvalue weighted by molar-refractivity contribution is 9.10. The van der Waals surface area contributed by atoms with Crippen molar-refractivity contribution in [3.63, 3.8) is 0 Å². The highest BCUT2D eigenvalue weighted by Crippen LogP contribution is 2.15.